The lowest BCUT2D eigenvalue weighted by Gasteiger charge is -2.14. The first-order valence-corrected chi connectivity index (χ1v) is 7.44. The molecule has 1 aliphatic carbocycles. The molecule has 0 atom stereocenters. The Labute approximate surface area is 119 Å². The van der Waals surface area contributed by atoms with E-state index in [0.717, 1.165) is 6.42 Å². The number of fused-ring (bicyclic) bond motifs is 3. The van der Waals surface area contributed by atoms with Gasteiger partial charge in [0, 0.05) is 41.7 Å². The van der Waals surface area contributed by atoms with Gasteiger partial charge in [0.05, 0.1) is 5.52 Å². The Hall–Kier alpha value is -2.09. The van der Waals surface area contributed by atoms with Gasteiger partial charge in [-0.3, -0.25) is 4.99 Å². The van der Waals surface area contributed by atoms with Crippen LogP contribution < -0.4 is 0 Å². The van der Waals surface area contributed by atoms with E-state index in [-0.39, 0.29) is 0 Å². The lowest BCUT2D eigenvalue weighted by atomic mass is 9.91. The monoisotopic (exact) mass is 262 g/mol. The summed E-state index contributed by atoms with van der Waals surface area (Å²) in [4.78, 5) is 4.30. The van der Waals surface area contributed by atoms with E-state index in [1.54, 1.807) is 0 Å². The predicted molar refractivity (Wildman–Crippen MR) is 85.9 cm³/mol. The summed E-state index contributed by atoms with van der Waals surface area (Å²) in [6.07, 6.45) is 14.4. The molecule has 0 radical (unpaired) electrons. The van der Waals surface area contributed by atoms with Crippen molar-refractivity contribution in [1.29, 1.82) is 0 Å². The van der Waals surface area contributed by atoms with Crippen molar-refractivity contribution in [2.45, 2.75) is 32.1 Å². The van der Waals surface area contributed by atoms with Gasteiger partial charge in [-0.15, -0.1) is 0 Å². The van der Waals surface area contributed by atoms with Gasteiger partial charge in [0.25, 0.3) is 0 Å². The smallest absolute Gasteiger partial charge is 0.0532 e. The van der Waals surface area contributed by atoms with Crippen molar-refractivity contribution in [3.63, 3.8) is 0 Å². The molecule has 0 saturated heterocycles. The fourth-order valence-electron chi connectivity index (χ4n) is 3.42. The predicted octanol–water partition coefficient (Wildman–Crippen LogP) is 4.65. The quantitative estimate of drug-likeness (QED) is 0.711. The van der Waals surface area contributed by atoms with E-state index in [1.807, 2.05) is 12.4 Å². The maximum atomic E-state index is 4.30. The first-order valence-electron chi connectivity index (χ1n) is 7.44. The third-order valence-electron chi connectivity index (χ3n) is 4.32. The second kappa shape index (κ2) is 4.78. The second-order valence-electron chi connectivity index (χ2n) is 5.52. The minimum absolute atomic E-state index is 0.911. The molecule has 1 aromatic heterocycles. The fourth-order valence-corrected chi connectivity index (χ4v) is 3.42. The molecule has 2 nitrogen and oxygen atoms in total. The number of hydrogen-bond acceptors (Lipinski definition) is 1. The van der Waals surface area contributed by atoms with Crippen LogP contribution in [0, 0.1) is 0 Å². The first-order chi connectivity index (χ1) is 9.95. The minimum atomic E-state index is 0.911. The summed E-state index contributed by atoms with van der Waals surface area (Å²) in [5, 5.41) is 1.38. The Morgan fingerprint density at radius 3 is 2.95 bits per heavy atom. The van der Waals surface area contributed by atoms with E-state index in [0.29, 0.717) is 0 Å². The van der Waals surface area contributed by atoms with Gasteiger partial charge in [-0.1, -0.05) is 24.3 Å². The van der Waals surface area contributed by atoms with Crippen LogP contribution in [0.4, 0.5) is 0 Å². The average Bonchev–Trinajstić information content (AvgIpc) is 2.65. The normalized spacial score (nSPS) is 17.9. The number of aliphatic imine (C=N–C) groups is 1. The molecular formula is C18H18N2. The van der Waals surface area contributed by atoms with Crippen LogP contribution in [0.15, 0.2) is 41.5 Å². The van der Waals surface area contributed by atoms with Crippen molar-refractivity contribution < 1.29 is 0 Å². The van der Waals surface area contributed by atoms with Crippen molar-refractivity contribution in [2.24, 2.45) is 4.99 Å². The van der Waals surface area contributed by atoms with E-state index in [9.17, 15) is 0 Å². The molecule has 0 amide bonds. The van der Waals surface area contributed by atoms with E-state index in [4.69, 9.17) is 0 Å². The molecule has 0 fully saturated rings. The number of nitrogens with zero attached hydrogens (tertiary/aromatic N) is 2. The van der Waals surface area contributed by atoms with Crippen molar-refractivity contribution >= 4 is 28.9 Å². The van der Waals surface area contributed by atoms with Gasteiger partial charge in [-0.25, -0.2) is 0 Å². The highest BCUT2D eigenvalue weighted by atomic mass is 15.0. The van der Waals surface area contributed by atoms with Gasteiger partial charge in [0.15, 0.2) is 0 Å². The van der Waals surface area contributed by atoms with Crippen molar-refractivity contribution in [2.75, 3.05) is 0 Å². The van der Waals surface area contributed by atoms with Crippen LogP contribution in [0.2, 0.25) is 0 Å². The van der Waals surface area contributed by atoms with Crippen molar-refractivity contribution in [1.82, 2.24) is 4.57 Å². The van der Waals surface area contributed by atoms with Gasteiger partial charge in [-0.05, 0) is 37.3 Å². The molecule has 2 aromatic rings. The highest BCUT2D eigenvalue weighted by Gasteiger charge is 2.19. The van der Waals surface area contributed by atoms with Crippen LogP contribution in [0.1, 0.15) is 36.9 Å². The molecule has 0 bridgehead atoms. The maximum Gasteiger partial charge on any atom is 0.0532 e. The Morgan fingerprint density at radius 2 is 2.05 bits per heavy atom. The summed E-state index contributed by atoms with van der Waals surface area (Å²) in [6, 6.07) is 8.73. The van der Waals surface area contributed by atoms with E-state index in [1.165, 1.54) is 53.4 Å². The van der Waals surface area contributed by atoms with E-state index < -0.39 is 0 Å². The standard InChI is InChI=1S/C18H18N2/c1-2-6-14(7-3-1)18-15-8-4-5-9-16(15)20-13-12-19-11-10-17(18)20/h4-6,8-9,11-13H,1-3,7,10H2. The number of benzene rings is 1. The molecule has 20 heavy (non-hydrogen) atoms. The fraction of sp³-hybridized carbons (Fsp3) is 0.278. The zero-order valence-electron chi connectivity index (χ0n) is 11.5. The lowest BCUT2D eigenvalue weighted by molar-refractivity contribution is 0.741. The summed E-state index contributed by atoms with van der Waals surface area (Å²) >= 11 is 0. The SMILES string of the molecule is C1=Cn2c(c(C3=CCCCC3)c3ccccc32)CC=N1. The number of allylic oxidation sites excluding steroid dienone is 2. The zero-order chi connectivity index (χ0) is 13.4. The summed E-state index contributed by atoms with van der Waals surface area (Å²) in [7, 11) is 0. The van der Waals surface area contributed by atoms with Crippen LogP contribution in [0.3, 0.4) is 0 Å². The molecule has 2 aliphatic rings. The minimum Gasteiger partial charge on any atom is -0.318 e. The number of hydrogen-bond donors (Lipinski definition) is 0. The Morgan fingerprint density at radius 1 is 1.10 bits per heavy atom. The molecule has 2 heteroatoms. The molecule has 0 spiro atoms. The summed E-state index contributed by atoms with van der Waals surface area (Å²) in [5.74, 6) is 0. The van der Waals surface area contributed by atoms with Crippen LogP contribution in [-0.2, 0) is 6.42 Å². The first kappa shape index (κ1) is 11.7. The van der Waals surface area contributed by atoms with Crippen molar-refractivity contribution in [3.8, 4) is 0 Å². The topological polar surface area (TPSA) is 17.3 Å². The Kier molecular flexibility index (Phi) is 2.80. The largest absolute Gasteiger partial charge is 0.318 e. The third kappa shape index (κ3) is 1.75. The highest BCUT2D eigenvalue weighted by Crippen LogP contribution is 2.37. The van der Waals surface area contributed by atoms with E-state index >= 15 is 0 Å². The molecule has 0 N–H and O–H groups in total. The average molecular weight is 262 g/mol. The lowest BCUT2D eigenvalue weighted by Crippen LogP contribution is -1.99. The Bertz CT molecular complexity index is 744. The van der Waals surface area contributed by atoms with Gasteiger partial charge < -0.3 is 4.57 Å². The van der Waals surface area contributed by atoms with Gasteiger partial charge in [0.1, 0.15) is 0 Å². The summed E-state index contributed by atoms with van der Waals surface area (Å²) in [5.41, 5.74) is 5.67. The molecule has 4 rings (SSSR count). The van der Waals surface area contributed by atoms with Gasteiger partial charge in [0.2, 0.25) is 0 Å². The van der Waals surface area contributed by atoms with E-state index in [2.05, 4.69) is 46.1 Å². The molecule has 0 unspecified atom stereocenters. The Balaban J connectivity index is 2.04. The molecular weight excluding hydrogens is 244 g/mol. The van der Waals surface area contributed by atoms with Crippen LogP contribution in [0.25, 0.3) is 22.7 Å². The van der Waals surface area contributed by atoms with Gasteiger partial charge in [-0.2, -0.15) is 0 Å². The molecule has 2 heterocycles. The zero-order valence-corrected chi connectivity index (χ0v) is 11.5. The van der Waals surface area contributed by atoms with Crippen LogP contribution in [-0.4, -0.2) is 10.8 Å². The van der Waals surface area contributed by atoms with Crippen molar-refractivity contribution in [3.05, 3.63) is 47.8 Å². The molecule has 100 valence electrons. The maximum absolute atomic E-state index is 4.30. The molecule has 1 aromatic carbocycles. The molecule has 0 saturated carbocycles. The number of para-hydroxylation sites is 1. The van der Waals surface area contributed by atoms with Crippen LogP contribution in [0.5, 0.6) is 0 Å². The summed E-state index contributed by atoms with van der Waals surface area (Å²) < 4.78 is 2.31. The highest BCUT2D eigenvalue weighted by molar-refractivity contribution is 5.97. The summed E-state index contributed by atoms with van der Waals surface area (Å²) in [6.45, 7) is 0. The second-order valence-corrected chi connectivity index (χ2v) is 5.52. The molecule has 1 aliphatic heterocycles. The number of rotatable bonds is 1. The number of aromatic nitrogens is 1. The third-order valence-corrected chi connectivity index (χ3v) is 4.32. The van der Waals surface area contributed by atoms with Gasteiger partial charge >= 0.3 is 0 Å². The van der Waals surface area contributed by atoms with Crippen LogP contribution >= 0.6 is 0 Å².